The van der Waals surface area contributed by atoms with E-state index in [0.717, 1.165) is 12.1 Å². The highest BCUT2D eigenvalue weighted by Crippen LogP contribution is 2.20. The smallest absolute Gasteiger partial charge is 0.307 e. The van der Waals surface area contributed by atoms with Gasteiger partial charge in [-0.3, -0.25) is 9.59 Å². The van der Waals surface area contributed by atoms with Crippen LogP contribution in [0.1, 0.15) is 30.8 Å². The van der Waals surface area contributed by atoms with E-state index in [1.54, 1.807) is 36.5 Å². The zero-order chi connectivity index (χ0) is 18.2. The maximum atomic E-state index is 12.2. The van der Waals surface area contributed by atoms with E-state index in [-0.39, 0.29) is 12.3 Å². The fourth-order valence-corrected chi connectivity index (χ4v) is 2.44. The number of hydrogen-bond donors (Lipinski definition) is 1. The minimum atomic E-state index is -0.507. The van der Waals surface area contributed by atoms with E-state index in [4.69, 9.17) is 16.3 Å². The first-order valence-electron chi connectivity index (χ1n) is 7.85. The van der Waals surface area contributed by atoms with Crippen molar-refractivity contribution < 1.29 is 14.3 Å². The average molecular weight is 362 g/mol. The number of nitrogens with zero attached hydrogens (tertiary/aromatic N) is 2. The van der Waals surface area contributed by atoms with Crippen molar-refractivity contribution in [2.24, 2.45) is 0 Å². The lowest BCUT2D eigenvalue weighted by Gasteiger charge is -2.17. The topological polar surface area (TPSA) is 73.2 Å². The molecule has 0 aliphatic carbocycles. The Morgan fingerprint density at radius 2 is 2.08 bits per heavy atom. The van der Waals surface area contributed by atoms with Crippen molar-refractivity contribution in [1.82, 2.24) is 14.9 Å². The largest absolute Gasteiger partial charge is 0.469 e. The van der Waals surface area contributed by atoms with Crippen LogP contribution in [-0.2, 0) is 20.9 Å². The van der Waals surface area contributed by atoms with Crippen LogP contribution in [0, 0.1) is 0 Å². The highest BCUT2D eigenvalue weighted by atomic mass is 35.5. The van der Waals surface area contributed by atoms with Crippen molar-refractivity contribution in [2.75, 3.05) is 7.11 Å². The van der Waals surface area contributed by atoms with Gasteiger partial charge in [0.1, 0.15) is 5.82 Å². The zero-order valence-corrected chi connectivity index (χ0v) is 14.9. The van der Waals surface area contributed by atoms with E-state index >= 15 is 0 Å². The summed E-state index contributed by atoms with van der Waals surface area (Å²) < 4.78 is 6.62. The second-order valence-electron chi connectivity index (χ2n) is 5.30. The van der Waals surface area contributed by atoms with Gasteiger partial charge in [-0.05, 0) is 30.7 Å². The Bertz CT molecular complexity index is 753. The predicted octanol–water partition coefficient (Wildman–Crippen LogP) is 2.99. The molecule has 0 saturated carbocycles. The number of esters is 1. The first-order chi connectivity index (χ1) is 12.0. The van der Waals surface area contributed by atoms with Crippen molar-refractivity contribution in [3.8, 4) is 0 Å². The lowest BCUT2D eigenvalue weighted by molar-refractivity contribution is -0.141. The van der Waals surface area contributed by atoms with Crippen LogP contribution in [0.15, 0.2) is 42.7 Å². The Morgan fingerprint density at radius 3 is 2.72 bits per heavy atom. The van der Waals surface area contributed by atoms with Crippen LogP contribution in [0.2, 0.25) is 5.02 Å². The third kappa shape index (κ3) is 5.46. The van der Waals surface area contributed by atoms with E-state index in [9.17, 15) is 9.59 Å². The maximum Gasteiger partial charge on any atom is 0.307 e. The van der Waals surface area contributed by atoms with E-state index in [1.807, 2.05) is 17.7 Å². The molecule has 1 heterocycles. The second-order valence-corrected chi connectivity index (χ2v) is 5.73. The van der Waals surface area contributed by atoms with Gasteiger partial charge < -0.3 is 14.6 Å². The van der Waals surface area contributed by atoms with Crippen LogP contribution < -0.4 is 5.32 Å². The van der Waals surface area contributed by atoms with Crippen molar-refractivity contribution in [2.45, 2.75) is 25.9 Å². The first-order valence-corrected chi connectivity index (χ1v) is 8.23. The Labute approximate surface area is 151 Å². The molecule has 1 amide bonds. The molecule has 0 aliphatic rings. The predicted molar refractivity (Wildman–Crippen MR) is 95.9 cm³/mol. The molecular weight excluding hydrogens is 342 g/mol. The molecular formula is C18H20ClN3O3. The molecule has 1 aromatic heterocycles. The highest BCUT2D eigenvalue weighted by Gasteiger charge is 2.18. The molecule has 1 atom stereocenters. The zero-order valence-electron chi connectivity index (χ0n) is 14.1. The molecule has 0 radical (unpaired) electrons. The lowest BCUT2D eigenvalue weighted by atomic mass is 10.0. The van der Waals surface area contributed by atoms with Crippen molar-refractivity contribution in [3.63, 3.8) is 0 Å². The summed E-state index contributed by atoms with van der Waals surface area (Å²) in [5.74, 6) is -0.0473. The molecule has 1 N–H and O–H groups in total. The van der Waals surface area contributed by atoms with Gasteiger partial charge in [-0.1, -0.05) is 23.7 Å². The number of rotatable bonds is 7. The van der Waals surface area contributed by atoms with E-state index in [1.165, 1.54) is 13.2 Å². The molecule has 2 aromatic rings. The Hall–Kier alpha value is -2.60. The molecule has 25 heavy (non-hydrogen) atoms. The number of ether oxygens (including phenoxy) is 1. The van der Waals surface area contributed by atoms with Crippen LogP contribution in [0.5, 0.6) is 0 Å². The summed E-state index contributed by atoms with van der Waals surface area (Å²) >= 11 is 5.89. The summed E-state index contributed by atoms with van der Waals surface area (Å²) in [6.45, 7) is 2.75. The highest BCUT2D eigenvalue weighted by molar-refractivity contribution is 6.30. The molecule has 0 saturated heterocycles. The average Bonchev–Trinajstić information content (AvgIpc) is 3.07. The number of imidazole rings is 1. The number of carbonyl (C=O) groups excluding carboxylic acids is 2. The molecule has 0 spiro atoms. The minimum absolute atomic E-state index is 0.0291. The fourth-order valence-electron chi connectivity index (χ4n) is 2.31. The number of halogens is 1. The Morgan fingerprint density at radius 1 is 1.36 bits per heavy atom. The molecule has 6 nitrogen and oxygen atoms in total. The van der Waals surface area contributed by atoms with Crippen molar-refractivity contribution in [3.05, 3.63) is 59.1 Å². The SMILES string of the molecule is CCn1ccnc1C=CC(=O)NC(CC(=O)OC)c1ccc(Cl)cc1. The number of nitrogens with one attached hydrogen (secondary N) is 1. The third-order valence-electron chi connectivity index (χ3n) is 3.66. The van der Waals surface area contributed by atoms with Gasteiger partial charge in [-0.2, -0.15) is 0 Å². The molecule has 7 heteroatoms. The lowest BCUT2D eigenvalue weighted by Crippen LogP contribution is -2.29. The summed E-state index contributed by atoms with van der Waals surface area (Å²) in [6.07, 6.45) is 6.58. The van der Waals surface area contributed by atoms with Gasteiger partial charge in [0.2, 0.25) is 5.91 Å². The third-order valence-corrected chi connectivity index (χ3v) is 3.91. The molecule has 1 unspecified atom stereocenters. The van der Waals surface area contributed by atoms with Gasteiger partial charge >= 0.3 is 5.97 Å². The fraction of sp³-hybridized carbons (Fsp3) is 0.278. The normalized spacial score (nSPS) is 12.1. The second kappa shape index (κ2) is 9.03. The van der Waals surface area contributed by atoms with Crippen molar-refractivity contribution in [1.29, 1.82) is 0 Å². The Kier molecular flexibility index (Phi) is 6.77. The first kappa shape index (κ1) is 18.7. The monoisotopic (exact) mass is 361 g/mol. The number of methoxy groups -OCH3 is 1. The molecule has 0 bridgehead atoms. The van der Waals surface area contributed by atoms with Crippen LogP contribution in [0.4, 0.5) is 0 Å². The van der Waals surface area contributed by atoms with E-state index in [0.29, 0.717) is 10.8 Å². The molecule has 132 valence electrons. The molecule has 1 aromatic carbocycles. The number of carbonyl (C=O) groups is 2. The van der Waals surface area contributed by atoms with Crippen LogP contribution in [0.3, 0.4) is 0 Å². The number of benzene rings is 1. The number of aryl methyl sites for hydroxylation is 1. The summed E-state index contributed by atoms with van der Waals surface area (Å²) in [4.78, 5) is 28.1. The Balaban J connectivity index is 2.11. The van der Waals surface area contributed by atoms with Crippen LogP contribution in [-0.4, -0.2) is 28.5 Å². The standard InChI is InChI=1S/C18H20ClN3O3/c1-3-22-11-10-20-16(22)8-9-17(23)21-15(12-18(24)25-2)13-4-6-14(19)7-5-13/h4-11,15H,3,12H2,1-2H3,(H,21,23). The van der Waals surface area contributed by atoms with Gasteiger partial charge in [0.15, 0.2) is 0 Å². The van der Waals surface area contributed by atoms with Gasteiger partial charge in [-0.15, -0.1) is 0 Å². The van der Waals surface area contributed by atoms with Crippen molar-refractivity contribution >= 4 is 29.6 Å². The van der Waals surface area contributed by atoms with Crippen LogP contribution in [0.25, 0.3) is 6.08 Å². The van der Waals surface area contributed by atoms with E-state index in [2.05, 4.69) is 10.3 Å². The van der Waals surface area contributed by atoms with Gasteiger partial charge in [0, 0.05) is 30.0 Å². The number of amides is 1. The quantitative estimate of drug-likeness (QED) is 0.607. The maximum absolute atomic E-state index is 12.2. The minimum Gasteiger partial charge on any atom is -0.469 e. The number of aromatic nitrogens is 2. The summed E-state index contributed by atoms with van der Waals surface area (Å²) in [5.41, 5.74) is 0.770. The van der Waals surface area contributed by atoms with Gasteiger partial charge in [0.05, 0.1) is 19.6 Å². The molecule has 0 aliphatic heterocycles. The van der Waals surface area contributed by atoms with Crippen LogP contribution >= 0.6 is 11.6 Å². The van der Waals surface area contributed by atoms with E-state index < -0.39 is 12.0 Å². The number of hydrogen-bond acceptors (Lipinski definition) is 4. The summed E-state index contributed by atoms with van der Waals surface area (Å²) in [5, 5.41) is 3.39. The summed E-state index contributed by atoms with van der Waals surface area (Å²) in [6, 6.07) is 6.45. The molecule has 2 rings (SSSR count). The van der Waals surface area contributed by atoms with Gasteiger partial charge in [0.25, 0.3) is 0 Å². The summed E-state index contributed by atoms with van der Waals surface area (Å²) in [7, 11) is 1.31. The molecule has 0 fully saturated rings. The van der Waals surface area contributed by atoms with Gasteiger partial charge in [-0.25, -0.2) is 4.98 Å².